The minimum Gasteiger partial charge on any atom is -0.392 e. The number of hydrogen-bond donors (Lipinski definition) is 2. The molecular formula is C19H20N2O4S2. The van der Waals surface area contributed by atoms with Gasteiger partial charge in [-0.2, -0.15) is 0 Å². The second-order valence-corrected chi connectivity index (χ2v) is 8.74. The van der Waals surface area contributed by atoms with Crippen molar-refractivity contribution in [2.75, 3.05) is 0 Å². The maximum atomic E-state index is 12.6. The highest BCUT2D eigenvalue weighted by Gasteiger charge is 2.24. The maximum Gasteiger partial charge on any atom is 0.246 e. The molecule has 0 fully saturated rings. The van der Waals surface area contributed by atoms with E-state index in [1.165, 1.54) is 11.8 Å². The van der Waals surface area contributed by atoms with Crippen LogP contribution < -0.4 is 4.72 Å². The van der Waals surface area contributed by atoms with Crippen LogP contribution in [0.5, 0.6) is 0 Å². The summed E-state index contributed by atoms with van der Waals surface area (Å²) in [4.78, 5) is 1.93. The lowest BCUT2D eigenvalue weighted by molar-refractivity contribution is 0.279. The third kappa shape index (κ3) is 4.41. The van der Waals surface area contributed by atoms with Crippen LogP contribution in [0.15, 0.2) is 67.7 Å². The molecule has 2 aromatic carbocycles. The summed E-state index contributed by atoms with van der Waals surface area (Å²) in [6.45, 7) is 3.26. The highest BCUT2D eigenvalue weighted by molar-refractivity contribution is 7.99. The van der Waals surface area contributed by atoms with Crippen molar-refractivity contribution in [3.05, 3.63) is 71.1 Å². The van der Waals surface area contributed by atoms with E-state index in [9.17, 15) is 13.5 Å². The molecule has 6 nitrogen and oxygen atoms in total. The van der Waals surface area contributed by atoms with Crippen LogP contribution in [0.2, 0.25) is 0 Å². The summed E-state index contributed by atoms with van der Waals surface area (Å²) in [5, 5.41) is 13.2. The number of aromatic nitrogens is 1. The van der Waals surface area contributed by atoms with E-state index >= 15 is 0 Å². The summed E-state index contributed by atoms with van der Waals surface area (Å²) in [6, 6.07) is 15.1. The van der Waals surface area contributed by atoms with Crippen LogP contribution in [0.1, 0.15) is 22.6 Å². The van der Waals surface area contributed by atoms with Gasteiger partial charge in [0.15, 0.2) is 5.76 Å². The highest BCUT2D eigenvalue weighted by atomic mass is 32.2. The summed E-state index contributed by atoms with van der Waals surface area (Å²) in [6.07, 6.45) is 0. The molecule has 0 amide bonds. The zero-order valence-corrected chi connectivity index (χ0v) is 16.6. The van der Waals surface area contributed by atoms with E-state index in [1.54, 1.807) is 13.8 Å². The summed E-state index contributed by atoms with van der Waals surface area (Å²) < 4.78 is 32.8. The average Bonchev–Trinajstić information content (AvgIpc) is 3.00. The Hall–Kier alpha value is -2.13. The van der Waals surface area contributed by atoms with Crippen LogP contribution in [-0.4, -0.2) is 18.7 Å². The first-order valence-electron chi connectivity index (χ1n) is 8.29. The van der Waals surface area contributed by atoms with Gasteiger partial charge in [-0.05, 0) is 37.1 Å². The van der Waals surface area contributed by atoms with Gasteiger partial charge >= 0.3 is 0 Å². The molecule has 0 bridgehead atoms. The number of hydrogen-bond acceptors (Lipinski definition) is 6. The van der Waals surface area contributed by atoms with E-state index < -0.39 is 10.0 Å². The quantitative estimate of drug-likeness (QED) is 0.627. The summed E-state index contributed by atoms with van der Waals surface area (Å²) in [5.74, 6) is 0.263. The molecule has 27 heavy (non-hydrogen) atoms. The second-order valence-electron chi connectivity index (χ2n) is 5.95. The largest absolute Gasteiger partial charge is 0.392 e. The normalized spacial score (nSPS) is 11.7. The summed E-state index contributed by atoms with van der Waals surface area (Å²) in [7, 11) is -3.73. The molecule has 8 heteroatoms. The zero-order chi connectivity index (χ0) is 19.4. The highest BCUT2D eigenvalue weighted by Crippen LogP contribution is 2.33. The first-order chi connectivity index (χ1) is 12.9. The number of aliphatic hydroxyl groups excluding tert-OH is 1. The molecular weight excluding hydrogens is 384 g/mol. The molecule has 0 aliphatic carbocycles. The average molecular weight is 405 g/mol. The van der Waals surface area contributed by atoms with Crippen LogP contribution in [-0.2, 0) is 23.2 Å². The number of aryl methyl sites for hydroxylation is 2. The third-order valence-electron chi connectivity index (χ3n) is 4.02. The predicted molar refractivity (Wildman–Crippen MR) is 103 cm³/mol. The predicted octanol–water partition coefficient (Wildman–Crippen LogP) is 3.41. The van der Waals surface area contributed by atoms with Crippen molar-refractivity contribution in [3.63, 3.8) is 0 Å². The molecule has 0 aliphatic rings. The van der Waals surface area contributed by atoms with Crippen LogP contribution in [0.3, 0.4) is 0 Å². The Kier molecular flexibility index (Phi) is 6.01. The smallest absolute Gasteiger partial charge is 0.246 e. The molecule has 1 heterocycles. The van der Waals surface area contributed by atoms with Crippen molar-refractivity contribution in [2.24, 2.45) is 0 Å². The van der Waals surface area contributed by atoms with Gasteiger partial charge in [0.2, 0.25) is 10.0 Å². The second kappa shape index (κ2) is 8.26. The monoisotopic (exact) mass is 404 g/mol. The molecule has 0 unspecified atom stereocenters. The number of benzene rings is 2. The molecule has 0 radical (unpaired) electrons. The Morgan fingerprint density at radius 1 is 1.04 bits per heavy atom. The molecule has 0 spiro atoms. The summed E-state index contributed by atoms with van der Waals surface area (Å²) >= 11 is 1.49. The van der Waals surface area contributed by atoms with E-state index in [0.717, 1.165) is 20.9 Å². The fourth-order valence-electron chi connectivity index (χ4n) is 2.71. The van der Waals surface area contributed by atoms with E-state index in [0.29, 0.717) is 5.69 Å². The van der Waals surface area contributed by atoms with Gasteiger partial charge in [-0.15, -0.1) is 0 Å². The van der Waals surface area contributed by atoms with E-state index in [1.807, 2.05) is 48.5 Å². The molecule has 3 aromatic rings. The van der Waals surface area contributed by atoms with Crippen molar-refractivity contribution < 1.29 is 18.0 Å². The van der Waals surface area contributed by atoms with Gasteiger partial charge in [-0.3, -0.25) is 0 Å². The Bertz CT molecular complexity index is 1030. The van der Waals surface area contributed by atoms with Gasteiger partial charge in [0.1, 0.15) is 10.6 Å². The van der Waals surface area contributed by atoms with Crippen molar-refractivity contribution in [1.82, 2.24) is 9.88 Å². The number of aliphatic hydroxyl groups is 1. The molecule has 0 saturated heterocycles. The zero-order valence-electron chi connectivity index (χ0n) is 15.0. The fourth-order valence-corrected chi connectivity index (χ4v) is 5.10. The third-order valence-corrected chi connectivity index (χ3v) is 6.91. The van der Waals surface area contributed by atoms with Crippen molar-refractivity contribution >= 4 is 21.8 Å². The van der Waals surface area contributed by atoms with Gasteiger partial charge in [0, 0.05) is 16.3 Å². The number of rotatable bonds is 7. The lowest BCUT2D eigenvalue weighted by atomic mass is 10.2. The van der Waals surface area contributed by atoms with Crippen LogP contribution in [0.25, 0.3) is 0 Å². The molecule has 142 valence electrons. The van der Waals surface area contributed by atoms with Crippen LogP contribution >= 0.6 is 11.8 Å². The van der Waals surface area contributed by atoms with Gasteiger partial charge in [-0.1, -0.05) is 53.3 Å². The first-order valence-corrected chi connectivity index (χ1v) is 10.6. The topological polar surface area (TPSA) is 92.4 Å². The lowest BCUT2D eigenvalue weighted by Gasteiger charge is -2.12. The number of sulfonamides is 1. The van der Waals surface area contributed by atoms with Crippen molar-refractivity contribution in [1.29, 1.82) is 0 Å². The maximum absolute atomic E-state index is 12.6. The van der Waals surface area contributed by atoms with E-state index in [4.69, 9.17) is 4.52 Å². The van der Waals surface area contributed by atoms with Crippen LogP contribution in [0.4, 0.5) is 0 Å². The SMILES string of the molecule is Cc1noc(C)c1S(=O)(=O)NCc1ccccc1Sc1ccccc1CO. The molecule has 0 atom stereocenters. The molecule has 0 saturated carbocycles. The molecule has 3 rings (SSSR count). The Morgan fingerprint density at radius 3 is 2.22 bits per heavy atom. The minimum absolute atomic E-state index is 0.0516. The molecule has 0 aliphatic heterocycles. The van der Waals surface area contributed by atoms with Gasteiger partial charge in [-0.25, -0.2) is 13.1 Å². The van der Waals surface area contributed by atoms with Gasteiger partial charge in [0.25, 0.3) is 0 Å². The Balaban J connectivity index is 1.83. The summed E-state index contributed by atoms with van der Waals surface area (Å²) in [5.41, 5.74) is 2.00. The fraction of sp³-hybridized carbons (Fsp3) is 0.211. The first kappa shape index (κ1) is 19.6. The molecule has 1 aromatic heterocycles. The van der Waals surface area contributed by atoms with Crippen molar-refractivity contribution in [3.8, 4) is 0 Å². The van der Waals surface area contributed by atoms with E-state index in [2.05, 4.69) is 9.88 Å². The number of nitrogens with zero attached hydrogens (tertiary/aromatic N) is 1. The van der Waals surface area contributed by atoms with E-state index in [-0.39, 0.29) is 23.8 Å². The van der Waals surface area contributed by atoms with Crippen LogP contribution in [0, 0.1) is 13.8 Å². The lowest BCUT2D eigenvalue weighted by Crippen LogP contribution is -2.24. The van der Waals surface area contributed by atoms with Gasteiger partial charge in [0.05, 0.1) is 6.61 Å². The Morgan fingerprint density at radius 2 is 1.63 bits per heavy atom. The van der Waals surface area contributed by atoms with Gasteiger partial charge < -0.3 is 9.63 Å². The Labute approximate surface area is 162 Å². The van der Waals surface area contributed by atoms with Crippen molar-refractivity contribution in [2.45, 2.75) is 41.7 Å². The standard InChI is InChI=1S/C19H20N2O4S2/c1-13-19(14(2)25-21-13)27(23,24)20-11-15-7-3-5-9-17(15)26-18-10-6-4-8-16(18)12-22/h3-10,20,22H,11-12H2,1-2H3. The molecule has 2 N–H and O–H groups in total. The minimum atomic E-state index is -3.73. The number of nitrogens with one attached hydrogen (secondary N) is 1.